The summed E-state index contributed by atoms with van der Waals surface area (Å²) in [7, 11) is 0. The Morgan fingerprint density at radius 2 is 1.84 bits per heavy atom. The summed E-state index contributed by atoms with van der Waals surface area (Å²) >= 11 is 0. The van der Waals surface area contributed by atoms with Gasteiger partial charge < -0.3 is 25.1 Å². The van der Waals surface area contributed by atoms with Gasteiger partial charge in [0.05, 0.1) is 0 Å². The molecule has 4 rings (SSSR count). The first kappa shape index (κ1) is 20.2. The molecule has 31 heavy (non-hydrogen) atoms. The molecule has 3 N–H and O–H groups in total. The van der Waals surface area contributed by atoms with Gasteiger partial charge in [0.2, 0.25) is 11.8 Å². The van der Waals surface area contributed by atoms with Gasteiger partial charge in [-0.05, 0) is 60.5 Å². The van der Waals surface area contributed by atoms with Crippen molar-refractivity contribution in [3.05, 3.63) is 71.7 Å². The van der Waals surface area contributed by atoms with Gasteiger partial charge in [-0.3, -0.25) is 14.4 Å². The minimum atomic E-state index is -0.407. The highest BCUT2D eigenvalue weighted by atomic mass is 16.5. The van der Waals surface area contributed by atoms with Crippen LogP contribution in [0.15, 0.2) is 59.0 Å². The van der Waals surface area contributed by atoms with Crippen LogP contribution in [0.25, 0.3) is 0 Å². The molecular weight excluding hydrogens is 398 g/mol. The van der Waals surface area contributed by atoms with Gasteiger partial charge in [-0.2, -0.15) is 0 Å². The van der Waals surface area contributed by atoms with E-state index in [0.29, 0.717) is 35.7 Å². The lowest BCUT2D eigenvalue weighted by molar-refractivity contribution is -0.116. The molecule has 0 atom stereocenters. The highest BCUT2D eigenvalue weighted by molar-refractivity contribution is 6.02. The fraction of sp³-hybridized carbons (Fsp3) is 0.174. The van der Waals surface area contributed by atoms with Crippen LogP contribution < -0.4 is 20.7 Å². The van der Waals surface area contributed by atoms with E-state index in [4.69, 9.17) is 9.15 Å². The third-order valence-corrected chi connectivity index (χ3v) is 4.68. The maximum Gasteiger partial charge on any atom is 0.291 e. The molecule has 0 fully saturated rings. The van der Waals surface area contributed by atoms with Crippen molar-refractivity contribution in [3.63, 3.8) is 0 Å². The summed E-state index contributed by atoms with van der Waals surface area (Å²) < 4.78 is 11.4. The van der Waals surface area contributed by atoms with E-state index in [1.165, 1.54) is 6.92 Å². The second-order valence-electron chi connectivity index (χ2n) is 7.14. The first-order valence-corrected chi connectivity index (χ1v) is 9.79. The number of carbonyl (C=O) groups is 3. The van der Waals surface area contributed by atoms with Gasteiger partial charge in [0.1, 0.15) is 18.1 Å². The molecule has 0 spiro atoms. The predicted octanol–water partition coefficient (Wildman–Crippen LogP) is 3.95. The highest BCUT2D eigenvalue weighted by Crippen LogP contribution is 2.27. The summed E-state index contributed by atoms with van der Waals surface area (Å²) in [5.74, 6) is 0.731. The van der Waals surface area contributed by atoms with E-state index in [-0.39, 0.29) is 24.2 Å². The number of fused-ring (bicyclic) bond motifs is 1. The molecule has 0 bridgehead atoms. The molecule has 0 saturated heterocycles. The smallest absolute Gasteiger partial charge is 0.291 e. The van der Waals surface area contributed by atoms with Crippen LogP contribution in [0.2, 0.25) is 0 Å². The van der Waals surface area contributed by atoms with Gasteiger partial charge >= 0.3 is 0 Å². The first-order valence-electron chi connectivity index (χ1n) is 9.79. The molecule has 0 unspecified atom stereocenters. The second-order valence-corrected chi connectivity index (χ2v) is 7.14. The minimum absolute atomic E-state index is 0.0180. The number of ether oxygens (including phenoxy) is 1. The molecule has 2 aromatic carbocycles. The zero-order valence-corrected chi connectivity index (χ0v) is 16.9. The Balaban J connectivity index is 1.35. The van der Waals surface area contributed by atoms with Crippen molar-refractivity contribution in [2.75, 3.05) is 16.0 Å². The van der Waals surface area contributed by atoms with E-state index in [2.05, 4.69) is 16.0 Å². The molecule has 8 nitrogen and oxygen atoms in total. The Hall–Kier alpha value is -4.07. The number of benzene rings is 2. The third-order valence-electron chi connectivity index (χ3n) is 4.68. The van der Waals surface area contributed by atoms with Crippen molar-refractivity contribution in [1.29, 1.82) is 0 Å². The summed E-state index contributed by atoms with van der Waals surface area (Å²) in [4.78, 5) is 35.1. The Morgan fingerprint density at radius 3 is 2.65 bits per heavy atom. The quantitative estimate of drug-likeness (QED) is 0.560. The second kappa shape index (κ2) is 8.74. The molecule has 0 saturated carbocycles. The van der Waals surface area contributed by atoms with Crippen LogP contribution in [0, 0.1) is 0 Å². The zero-order chi connectivity index (χ0) is 21.8. The minimum Gasteiger partial charge on any atom is -0.486 e. The molecule has 3 amide bonds. The van der Waals surface area contributed by atoms with E-state index in [1.807, 2.05) is 12.1 Å². The maximum atomic E-state index is 12.5. The van der Waals surface area contributed by atoms with Crippen molar-refractivity contribution in [3.8, 4) is 5.75 Å². The third kappa shape index (κ3) is 5.11. The van der Waals surface area contributed by atoms with E-state index in [9.17, 15) is 14.4 Å². The number of carbonyl (C=O) groups excluding carboxylic acids is 3. The van der Waals surface area contributed by atoms with Crippen LogP contribution in [-0.2, 0) is 22.6 Å². The Bertz CT molecular complexity index is 1150. The normalized spacial score (nSPS) is 12.5. The van der Waals surface area contributed by atoms with Gasteiger partial charge in [0.15, 0.2) is 5.76 Å². The van der Waals surface area contributed by atoms with Crippen LogP contribution >= 0.6 is 0 Å². The number of hydrogen-bond donors (Lipinski definition) is 3. The summed E-state index contributed by atoms with van der Waals surface area (Å²) in [6.07, 6.45) is 1.13. The van der Waals surface area contributed by atoms with Gasteiger partial charge in [-0.1, -0.05) is 6.07 Å². The van der Waals surface area contributed by atoms with E-state index in [1.54, 1.807) is 42.5 Å². The van der Waals surface area contributed by atoms with E-state index in [0.717, 1.165) is 11.3 Å². The summed E-state index contributed by atoms with van der Waals surface area (Å²) in [5, 5.41) is 8.23. The Kier molecular flexibility index (Phi) is 5.70. The van der Waals surface area contributed by atoms with Crippen LogP contribution in [0.5, 0.6) is 5.75 Å². The SMILES string of the molecule is CC(=O)Nc1cccc(NC(=O)c2ccc(COc3ccc4c(c3)CCC(=O)N4)o2)c1. The average Bonchev–Trinajstić information content (AvgIpc) is 3.21. The summed E-state index contributed by atoms with van der Waals surface area (Å²) in [6, 6.07) is 15.6. The summed E-state index contributed by atoms with van der Waals surface area (Å²) in [6.45, 7) is 1.58. The lowest BCUT2D eigenvalue weighted by atomic mass is 10.0. The molecule has 0 radical (unpaired) electrons. The number of furan rings is 1. The molecule has 0 aliphatic carbocycles. The lowest BCUT2D eigenvalue weighted by Crippen LogP contribution is -2.18. The topological polar surface area (TPSA) is 110 Å². The molecule has 1 aromatic heterocycles. The Labute approximate surface area is 178 Å². The number of rotatable bonds is 6. The number of anilines is 3. The fourth-order valence-electron chi connectivity index (χ4n) is 3.25. The standard InChI is InChI=1S/C23H21N3O5/c1-14(27)24-16-3-2-4-17(12-16)25-23(29)21-9-7-19(31-21)13-30-18-6-8-20-15(11-18)5-10-22(28)26-20/h2-4,6-9,11-12H,5,10,13H2,1H3,(H,24,27)(H,25,29)(H,26,28). The molecule has 3 aromatic rings. The van der Waals surface area contributed by atoms with Gasteiger partial charge in [-0.25, -0.2) is 0 Å². The van der Waals surface area contributed by atoms with Crippen LogP contribution in [0.1, 0.15) is 35.2 Å². The van der Waals surface area contributed by atoms with Crippen LogP contribution in [0.4, 0.5) is 17.1 Å². The number of nitrogens with one attached hydrogen (secondary N) is 3. The van der Waals surface area contributed by atoms with E-state index < -0.39 is 5.91 Å². The number of hydrogen-bond acceptors (Lipinski definition) is 5. The lowest BCUT2D eigenvalue weighted by Gasteiger charge is -2.17. The summed E-state index contributed by atoms with van der Waals surface area (Å²) in [5.41, 5.74) is 2.95. The zero-order valence-electron chi connectivity index (χ0n) is 16.9. The molecule has 2 heterocycles. The van der Waals surface area contributed by atoms with Gasteiger partial charge in [0.25, 0.3) is 5.91 Å². The molecule has 8 heteroatoms. The highest BCUT2D eigenvalue weighted by Gasteiger charge is 2.16. The average molecular weight is 419 g/mol. The van der Waals surface area contributed by atoms with Gasteiger partial charge in [0, 0.05) is 30.4 Å². The number of amides is 3. The first-order chi connectivity index (χ1) is 15.0. The predicted molar refractivity (Wildman–Crippen MR) is 115 cm³/mol. The van der Waals surface area contributed by atoms with Crippen LogP contribution in [-0.4, -0.2) is 17.7 Å². The van der Waals surface area contributed by atoms with Crippen LogP contribution in [0.3, 0.4) is 0 Å². The maximum absolute atomic E-state index is 12.5. The van der Waals surface area contributed by atoms with Crippen molar-refractivity contribution in [2.24, 2.45) is 0 Å². The molecular formula is C23H21N3O5. The largest absolute Gasteiger partial charge is 0.486 e. The van der Waals surface area contributed by atoms with Crippen molar-refractivity contribution >= 4 is 34.8 Å². The molecule has 1 aliphatic heterocycles. The van der Waals surface area contributed by atoms with Crippen molar-refractivity contribution in [1.82, 2.24) is 0 Å². The number of aryl methyl sites for hydroxylation is 1. The van der Waals surface area contributed by atoms with Gasteiger partial charge in [-0.15, -0.1) is 0 Å². The van der Waals surface area contributed by atoms with Crippen molar-refractivity contribution in [2.45, 2.75) is 26.4 Å². The Morgan fingerprint density at radius 1 is 1.03 bits per heavy atom. The molecule has 1 aliphatic rings. The monoisotopic (exact) mass is 419 g/mol. The van der Waals surface area contributed by atoms with E-state index >= 15 is 0 Å². The molecule has 158 valence electrons. The fourth-order valence-corrected chi connectivity index (χ4v) is 3.25. The van der Waals surface area contributed by atoms with Crippen molar-refractivity contribution < 1.29 is 23.5 Å².